The Morgan fingerprint density at radius 2 is 1.81 bits per heavy atom. The quantitative estimate of drug-likeness (QED) is 0.582. The standard InChI is InChI=1S/C20H15ClN2O3/c21-12-6-4-11(5-7-12)8-15-13-2-1-3-14-18(13)23(17(15)10-24)9-16(19(14)25)20(22)26/h1-7,9,24H,8,10H2,(H2,22,26). The number of benzene rings is 2. The Morgan fingerprint density at radius 1 is 1.12 bits per heavy atom. The third-order valence-electron chi connectivity index (χ3n) is 4.70. The maximum atomic E-state index is 12.6. The highest BCUT2D eigenvalue weighted by Crippen LogP contribution is 2.31. The molecule has 0 bridgehead atoms. The zero-order chi connectivity index (χ0) is 18.4. The van der Waals surface area contributed by atoms with Crippen molar-refractivity contribution in [2.45, 2.75) is 13.0 Å². The molecule has 0 fully saturated rings. The Hall–Kier alpha value is -2.89. The van der Waals surface area contributed by atoms with Crippen molar-refractivity contribution in [1.29, 1.82) is 0 Å². The van der Waals surface area contributed by atoms with Crippen LogP contribution in [-0.4, -0.2) is 15.4 Å². The molecule has 0 spiro atoms. The van der Waals surface area contributed by atoms with Crippen LogP contribution in [-0.2, 0) is 13.0 Å². The Balaban J connectivity index is 2.05. The molecule has 0 aliphatic rings. The van der Waals surface area contributed by atoms with Gasteiger partial charge in [-0.05, 0) is 35.7 Å². The van der Waals surface area contributed by atoms with E-state index in [1.165, 1.54) is 6.20 Å². The summed E-state index contributed by atoms with van der Waals surface area (Å²) in [6.45, 7) is -0.228. The molecule has 4 aromatic rings. The molecule has 1 amide bonds. The Labute approximate surface area is 153 Å². The molecule has 6 heteroatoms. The van der Waals surface area contributed by atoms with Crippen molar-refractivity contribution in [1.82, 2.24) is 4.40 Å². The van der Waals surface area contributed by atoms with Gasteiger partial charge >= 0.3 is 0 Å². The minimum Gasteiger partial charge on any atom is -0.390 e. The average Bonchev–Trinajstić information content (AvgIpc) is 2.93. The summed E-state index contributed by atoms with van der Waals surface area (Å²) < 4.78 is 1.71. The molecule has 0 radical (unpaired) electrons. The van der Waals surface area contributed by atoms with Gasteiger partial charge in [0.15, 0.2) is 0 Å². The Morgan fingerprint density at radius 3 is 2.46 bits per heavy atom. The van der Waals surface area contributed by atoms with Crippen LogP contribution in [0, 0.1) is 0 Å². The molecule has 130 valence electrons. The van der Waals surface area contributed by atoms with Gasteiger partial charge in [0.2, 0.25) is 5.43 Å². The summed E-state index contributed by atoms with van der Waals surface area (Å²) in [5.74, 6) is -0.783. The molecule has 0 unspecified atom stereocenters. The van der Waals surface area contributed by atoms with E-state index >= 15 is 0 Å². The molecule has 2 aromatic carbocycles. The summed E-state index contributed by atoms with van der Waals surface area (Å²) in [5.41, 5.74) is 8.13. The summed E-state index contributed by atoms with van der Waals surface area (Å²) in [5, 5.41) is 11.9. The number of para-hydroxylation sites is 1. The number of aromatic nitrogens is 1. The highest BCUT2D eigenvalue weighted by Gasteiger charge is 2.21. The van der Waals surface area contributed by atoms with Crippen LogP contribution in [0.1, 0.15) is 27.2 Å². The minimum absolute atomic E-state index is 0.0895. The lowest BCUT2D eigenvalue weighted by molar-refractivity contribution is 0.0999. The molecule has 2 aromatic heterocycles. The van der Waals surface area contributed by atoms with Crippen LogP contribution in [0.3, 0.4) is 0 Å². The van der Waals surface area contributed by atoms with E-state index in [9.17, 15) is 14.7 Å². The lowest BCUT2D eigenvalue weighted by Gasteiger charge is -2.06. The Bertz CT molecular complexity index is 1200. The van der Waals surface area contributed by atoms with Gasteiger partial charge in [-0.15, -0.1) is 0 Å². The van der Waals surface area contributed by atoms with Gasteiger partial charge < -0.3 is 15.2 Å². The number of aliphatic hydroxyl groups is 1. The van der Waals surface area contributed by atoms with Gasteiger partial charge in [0.1, 0.15) is 5.56 Å². The number of primary amides is 1. The van der Waals surface area contributed by atoms with Crippen LogP contribution < -0.4 is 11.2 Å². The monoisotopic (exact) mass is 366 g/mol. The summed E-state index contributed by atoms with van der Waals surface area (Å²) in [4.78, 5) is 24.3. The lowest BCUT2D eigenvalue weighted by Crippen LogP contribution is -2.23. The van der Waals surface area contributed by atoms with Crippen LogP contribution in [0.25, 0.3) is 16.3 Å². The number of hydrogen-bond acceptors (Lipinski definition) is 3. The van der Waals surface area contributed by atoms with E-state index < -0.39 is 11.3 Å². The summed E-state index contributed by atoms with van der Waals surface area (Å²) in [6, 6.07) is 12.8. The van der Waals surface area contributed by atoms with Gasteiger partial charge in [0.25, 0.3) is 5.91 Å². The fourth-order valence-electron chi connectivity index (χ4n) is 3.49. The van der Waals surface area contributed by atoms with Crippen LogP contribution in [0.4, 0.5) is 0 Å². The van der Waals surface area contributed by atoms with E-state index in [-0.39, 0.29) is 12.2 Å². The molecule has 0 aliphatic carbocycles. The van der Waals surface area contributed by atoms with Gasteiger partial charge in [-0.2, -0.15) is 0 Å². The molecule has 0 aliphatic heterocycles. The molecule has 4 rings (SSSR count). The number of nitrogens with two attached hydrogens (primary N) is 1. The summed E-state index contributed by atoms with van der Waals surface area (Å²) >= 11 is 5.95. The number of carbonyl (C=O) groups is 1. The maximum absolute atomic E-state index is 12.6. The highest BCUT2D eigenvalue weighted by molar-refractivity contribution is 6.30. The van der Waals surface area contributed by atoms with Gasteiger partial charge in [0, 0.05) is 22.0 Å². The highest BCUT2D eigenvalue weighted by atomic mass is 35.5. The largest absolute Gasteiger partial charge is 0.390 e. The van der Waals surface area contributed by atoms with E-state index in [0.717, 1.165) is 16.5 Å². The van der Waals surface area contributed by atoms with Crippen molar-refractivity contribution in [3.8, 4) is 0 Å². The lowest BCUT2D eigenvalue weighted by atomic mass is 10.0. The minimum atomic E-state index is -0.783. The topological polar surface area (TPSA) is 84.8 Å². The van der Waals surface area contributed by atoms with Crippen molar-refractivity contribution in [3.05, 3.63) is 86.3 Å². The zero-order valence-corrected chi connectivity index (χ0v) is 14.5. The molecule has 26 heavy (non-hydrogen) atoms. The smallest absolute Gasteiger partial charge is 0.254 e. The maximum Gasteiger partial charge on any atom is 0.254 e. The number of carbonyl (C=O) groups excluding carboxylic acids is 1. The fraction of sp³-hybridized carbons (Fsp3) is 0.100. The second kappa shape index (κ2) is 6.12. The van der Waals surface area contributed by atoms with Crippen molar-refractivity contribution in [3.63, 3.8) is 0 Å². The molecule has 5 nitrogen and oxygen atoms in total. The first-order chi connectivity index (χ1) is 12.5. The van der Waals surface area contributed by atoms with Crippen molar-refractivity contribution in [2.75, 3.05) is 0 Å². The summed E-state index contributed by atoms with van der Waals surface area (Å²) in [6.07, 6.45) is 1.99. The van der Waals surface area contributed by atoms with Crippen LogP contribution in [0.5, 0.6) is 0 Å². The number of nitrogens with zero attached hydrogens (tertiary/aromatic N) is 1. The predicted octanol–water partition coefficient (Wildman–Crippen LogP) is 2.73. The predicted molar refractivity (Wildman–Crippen MR) is 101 cm³/mol. The molecule has 2 heterocycles. The van der Waals surface area contributed by atoms with E-state index in [0.29, 0.717) is 28.0 Å². The number of aliphatic hydroxyl groups excluding tert-OH is 1. The number of pyridine rings is 1. The van der Waals surface area contributed by atoms with Crippen LogP contribution >= 0.6 is 11.6 Å². The summed E-state index contributed by atoms with van der Waals surface area (Å²) in [7, 11) is 0. The number of amides is 1. The van der Waals surface area contributed by atoms with Crippen molar-refractivity contribution in [2.24, 2.45) is 5.73 Å². The van der Waals surface area contributed by atoms with E-state index in [4.69, 9.17) is 17.3 Å². The van der Waals surface area contributed by atoms with Gasteiger partial charge in [-0.3, -0.25) is 9.59 Å². The first-order valence-corrected chi connectivity index (χ1v) is 8.45. The van der Waals surface area contributed by atoms with Gasteiger partial charge in [0.05, 0.1) is 17.8 Å². The zero-order valence-electron chi connectivity index (χ0n) is 13.7. The first-order valence-electron chi connectivity index (χ1n) is 8.07. The molecule has 3 N–H and O–H groups in total. The van der Waals surface area contributed by atoms with Crippen LogP contribution in [0.15, 0.2) is 53.5 Å². The van der Waals surface area contributed by atoms with Gasteiger partial charge in [-0.25, -0.2) is 0 Å². The second-order valence-electron chi connectivity index (χ2n) is 6.19. The van der Waals surface area contributed by atoms with Crippen LogP contribution in [0.2, 0.25) is 5.02 Å². The van der Waals surface area contributed by atoms with E-state index in [2.05, 4.69) is 0 Å². The molecular formula is C20H15ClN2O3. The van der Waals surface area contributed by atoms with Gasteiger partial charge in [-0.1, -0.05) is 35.9 Å². The molecule has 0 saturated carbocycles. The SMILES string of the molecule is NC(=O)c1cn2c(CO)c(Cc3ccc(Cl)cc3)c3cccc(c1=O)c32. The molecular weight excluding hydrogens is 352 g/mol. The van der Waals surface area contributed by atoms with E-state index in [1.54, 1.807) is 16.5 Å². The van der Waals surface area contributed by atoms with Crippen molar-refractivity contribution < 1.29 is 9.90 Å². The number of hydrogen-bond donors (Lipinski definition) is 2. The molecule has 0 saturated heterocycles. The van der Waals surface area contributed by atoms with Crippen molar-refractivity contribution >= 4 is 33.8 Å². The average molecular weight is 367 g/mol. The Kier molecular flexibility index (Phi) is 3.90. The molecule has 0 atom stereocenters. The first kappa shape index (κ1) is 16.6. The fourth-order valence-corrected chi connectivity index (χ4v) is 3.62. The number of rotatable bonds is 4. The van der Waals surface area contributed by atoms with E-state index in [1.807, 2.05) is 30.3 Å². The normalized spacial score (nSPS) is 11.5. The number of halogens is 1. The second-order valence-corrected chi connectivity index (χ2v) is 6.63. The third-order valence-corrected chi connectivity index (χ3v) is 4.95. The third kappa shape index (κ3) is 2.44.